The fourth-order valence-electron chi connectivity index (χ4n) is 2.82. The lowest BCUT2D eigenvalue weighted by Gasteiger charge is -2.29. The molecule has 1 aromatic carbocycles. The maximum absolute atomic E-state index is 12.2. The molecule has 1 heterocycles. The second kappa shape index (κ2) is 5.54. The van der Waals surface area contributed by atoms with Crippen molar-refractivity contribution in [2.45, 2.75) is 18.4 Å². The molecule has 2 amide bonds. The van der Waals surface area contributed by atoms with Crippen LogP contribution in [0.3, 0.4) is 0 Å². The highest BCUT2D eigenvalue weighted by molar-refractivity contribution is 5.89. The quantitative estimate of drug-likeness (QED) is 0.807. The Labute approximate surface area is 123 Å². The number of carbonyl (C=O) groups is 1. The maximum Gasteiger partial charge on any atom is 0.321 e. The number of anilines is 1. The van der Waals surface area contributed by atoms with Gasteiger partial charge in [0, 0.05) is 6.20 Å². The van der Waals surface area contributed by atoms with Crippen molar-refractivity contribution in [3.8, 4) is 0 Å². The number of fused-ring (bicyclic) bond motifs is 1. The fraction of sp³-hybridized carbons (Fsp3) is 0.250. The minimum atomic E-state index is -0.713. The number of benzene rings is 1. The lowest BCUT2D eigenvalue weighted by atomic mass is 9.93. The number of aliphatic hydroxyl groups excluding tert-OH is 1. The van der Waals surface area contributed by atoms with E-state index in [1.54, 1.807) is 24.4 Å². The van der Waals surface area contributed by atoms with Crippen molar-refractivity contribution >= 4 is 11.8 Å². The molecule has 0 radical (unpaired) electrons. The number of aryl methyl sites for hydroxylation is 1. The molecule has 0 fully saturated rings. The van der Waals surface area contributed by atoms with Gasteiger partial charge in [0.15, 0.2) is 0 Å². The predicted octanol–water partition coefficient (Wildman–Crippen LogP) is 2.04. The first-order chi connectivity index (χ1) is 10.2. The Morgan fingerprint density at radius 2 is 2.05 bits per heavy atom. The molecule has 108 valence electrons. The van der Waals surface area contributed by atoms with E-state index < -0.39 is 5.54 Å². The SMILES string of the molecule is O=C(Nc1ccccn1)NC1(CO)CCc2ccccc21. The van der Waals surface area contributed by atoms with Crippen molar-refractivity contribution in [1.29, 1.82) is 0 Å². The van der Waals surface area contributed by atoms with Crippen LogP contribution in [0, 0.1) is 0 Å². The zero-order valence-corrected chi connectivity index (χ0v) is 11.5. The topological polar surface area (TPSA) is 74.2 Å². The molecule has 1 aliphatic carbocycles. The van der Waals surface area contributed by atoms with Gasteiger partial charge in [0.1, 0.15) is 5.82 Å². The second-order valence-corrected chi connectivity index (χ2v) is 5.19. The van der Waals surface area contributed by atoms with Gasteiger partial charge in [-0.15, -0.1) is 0 Å². The van der Waals surface area contributed by atoms with Gasteiger partial charge in [-0.1, -0.05) is 30.3 Å². The smallest absolute Gasteiger partial charge is 0.321 e. The summed E-state index contributed by atoms with van der Waals surface area (Å²) in [6, 6.07) is 12.8. The van der Waals surface area contributed by atoms with Crippen molar-refractivity contribution in [3.63, 3.8) is 0 Å². The molecule has 1 aromatic heterocycles. The predicted molar refractivity (Wildman–Crippen MR) is 79.9 cm³/mol. The first-order valence-electron chi connectivity index (χ1n) is 6.93. The third-order valence-corrected chi connectivity index (χ3v) is 3.88. The maximum atomic E-state index is 12.2. The lowest BCUT2D eigenvalue weighted by molar-refractivity contribution is 0.164. The summed E-state index contributed by atoms with van der Waals surface area (Å²) in [5.74, 6) is 0.481. The van der Waals surface area contributed by atoms with Crippen LogP contribution < -0.4 is 10.6 Å². The lowest BCUT2D eigenvalue weighted by Crippen LogP contribution is -2.49. The zero-order valence-electron chi connectivity index (χ0n) is 11.5. The number of carbonyl (C=O) groups excluding carboxylic acids is 1. The normalized spacial score (nSPS) is 19.9. The van der Waals surface area contributed by atoms with Gasteiger partial charge in [0.05, 0.1) is 12.1 Å². The van der Waals surface area contributed by atoms with Crippen LogP contribution >= 0.6 is 0 Å². The van der Waals surface area contributed by atoms with Gasteiger partial charge in [-0.05, 0) is 36.1 Å². The first kappa shape index (κ1) is 13.6. The largest absolute Gasteiger partial charge is 0.394 e. The molecule has 21 heavy (non-hydrogen) atoms. The van der Waals surface area contributed by atoms with E-state index in [-0.39, 0.29) is 12.6 Å². The summed E-state index contributed by atoms with van der Waals surface area (Å²) in [7, 11) is 0. The van der Waals surface area contributed by atoms with Gasteiger partial charge >= 0.3 is 6.03 Å². The van der Waals surface area contributed by atoms with Crippen LogP contribution in [-0.4, -0.2) is 22.7 Å². The van der Waals surface area contributed by atoms with Gasteiger partial charge < -0.3 is 10.4 Å². The summed E-state index contributed by atoms with van der Waals surface area (Å²) in [6.45, 7) is -0.125. The number of pyridine rings is 1. The van der Waals surface area contributed by atoms with Crippen molar-refractivity contribution in [1.82, 2.24) is 10.3 Å². The van der Waals surface area contributed by atoms with Crippen LogP contribution in [0.1, 0.15) is 17.5 Å². The number of nitrogens with zero attached hydrogens (tertiary/aromatic N) is 1. The molecule has 3 rings (SSSR count). The number of hydrogen-bond acceptors (Lipinski definition) is 3. The highest BCUT2D eigenvalue weighted by Gasteiger charge is 2.39. The molecule has 2 aromatic rings. The molecule has 0 saturated heterocycles. The molecule has 0 bridgehead atoms. The Kier molecular flexibility index (Phi) is 3.58. The van der Waals surface area contributed by atoms with Gasteiger partial charge in [-0.3, -0.25) is 5.32 Å². The Morgan fingerprint density at radius 3 is 2.81 bits per heavy atom. The van der Waals surface area contributed by atoms with Crippen molar-refractivity contribution in [2.24, 2.45) is 0 Å². The highest BCUT2D eigenvalue weighted by Crippen LogP contribution is 2.36. The summed E-state index contributed by atoms with van der Waals surface area (Å²) >= 11 is 0. The fourth-order valence-corrected chi connectivity index (χ4v) is 2.82. The standard InChI is InChI=1S/C16H17N3O2/c20-11-16(9-8-12-5-1-2-6-13(12)16)19-15(21)18-14-7-3-4-10-17-14/h1-7,10,20H,8-9,11H2,(H2,17,18,19,21). The molecule has 0 spiro atoms. The molecule has 5 heteroatoms. The monoisotopic (exact) mass is 283 g/mol. The van der Waals surface area contributed by atoms with E-state index in [2.05, 4.69) is 15.6 Å². The van der Waals surface area contributed by atoms with Gasteiger partial charge in [0.2, 0.25) is 0 Å². The van der Waals surface area contributed by atoms with Crippen molar-refractivity contribution in [2.75, 3.05) is 11.9 Å². The summed E-state index contributed by atoms with van der Waals surface area (Å²) in [5.41, 5.74) is 1.45. The molecule has 1 unspecified atom stereocenters. The molecular weight excluding hydrogens is 266 g/mol. The number of aliphatic hydroxyl groups is 1. The summed E-state index contributed by atoms with van der Waals surface area (Å²) in [5, 5.41) is 15.4. The van der Waals surface area contributed by atoms with Crippen LogP contribution in [-0.2, 0) is 12.0 Å². The highest BCUT2D eigenvalue weighted by atomic mass is 16.3. The van der Waals surface area contributed by atoms with Crippen LogP contribution in [0.25, 0.3) is 0 Å². The summed E-state index contributed by atoms with van der Waals surface area (Å²) < 4.78 is 0. The van der Waals surface area contributed by atoms with Gasteiger partial charge in [-0.2, -0.15) is 0 Å². The molecular formula is C16H17N3O2. The molecule has 1 aliphatic rings. The van der Waals surface area contributed by atoms with Crippen LogP contribution in [0.4, 0.5) is 10.6 Å². The third kappa shape index (κ3) is 2.60. The van der Waals surface area contributed by atoms with Crippen LogP contribution in [0.15, 0.2) is 48.7 Å². The van der Waals surface area contributed by atoms with E-state index in [1.807, 2.05) is 24.3 Å². The van der Waals surface area contributed by atoms with E-state index in [9.17, 15) is 9.90 Å². The van der Waals surface area contributed by atoms with E-state index in [0.29, 0.717) is 12.2 Å². The first-order valence-corrected chi connectivity index (χ1v) is 6.93. The Hall–Kier alpha value is -2.40. The zero-order chi connectivity index (χ0) is 14.7. The van der Waals surface area contributed by atoms with Gasteiger partial charge in [-0.25, -0.2) is 9.78 Å². The molecule has 5 nitrogen and oxygen atoms in total. The molecule has 1 atom stereocenters. The van der Waals surface area contributed by atoms with E-state index in [4.69, 9.17) is 0 Å². The number of rotatable bonds is 3. The number of nitrogens with one attached hydrogen (secondary N) is 2. The molecule has 3 N–H and O–H groups in total. The Bertz CT molecular complexity index is 645. The summed E-state index contributed by atoms with van der Waals surface area (Å²) in [6.07, 6.45) is 3.15. The third-order valence-electron chi connectivity index (χ3n) is 3.88. The number of amides is 2. The van der Waals surface area contributed by atoms with Gasteiger partial charge in [0.25, 0.3) is 0 Å². The number of hydrogen-bond donors (Lipinski definition) is 3. The Morgan fingerprint density at radius 1 is 1.24 bits per heavy atom. The summed E-state index contributed by atoms with van der Waals surface area (Å²) in [4.78, 5) is 16.2. The van der Waals surface area contributed by atoms with Crippen LogP contribution in [0.2, 0.25) is 0 Å². The van der Waals surface area contributed by atoms with E-state index >= 15 is 0 Å². The van der Waals surface area contributed by atoms with Crippen molar-refractivity contribution < 1.29 is 9.90 Å². The average molecular weight is 283 g/mol. The Balaban J connectivity index is 1.78. The van der Waals surface area contributed by atoms with Crippen molar-refractivity contribution in [3.05, 3.63) is 59.8 Å². The average Bonchev–Trinajstić information content (AvgIpc) is 2.88. The number of aromatic nitrogens is 1. The van der Waals surface area contributed by atoms with E-state index in [0.717, 1.165) is 12.0 Å². The molecule has 0 aliphatic heterocycles. The number of urea groups is 1. The van der Waals surface area contributed by atoms with Crippen LogP contribution in [0.5, 0.6) is 0 Å². The molecule has 0 saturated carbocycles. The minimum Gasteiger partial charge on any atom is -0.394 e. The minimum absolute atomic E-state index is 0.125. The second-order valence-electron chi connectivity index (χ2n) is 5.19. The van der Waals surface area contributed by atoms with E-state index in [1.165, 1.54) is 5.56 Å².